The van der Waals surface area contributed by atoms with Gasteiger partial charge in [-0.3, -0.25) is 9.69 Å². The van der Waals surface area contributed by atoms with Crippen LogP contribution in [0.3, 0.4) is 0 Å². The van der Waals surface area contributed by atoms with Crippen molar-refractivity contribution in [1.82, 2.24) is 14.7 Å². The molecule has 1 unspecified atom stereocenters. The number of amides is 2. The average molecular weight is 568 g/mol. The normalized spacial score (nSPS) is 24.5. The van der Waals surface area contributed by atoms with E-state index < -0.39 is 0 Å². The van der Waals surface area contributed by atoms with E-state index in [2.05, 4.69) is 16.7 Å². The predicted octanol–water partition coefficient (Wildman–Crippen LogP) is 6.59. The third kappa shape index (κ3) is 6.71. The van der Waals surface area contributed by atoms with Gasteiger partial charge in [-0.15, -0.1) is 0 Å². The highest BCUT2D eigenvalue weighted by atomic mass is 16.6. The lowest BCUT2D eigenvalue weighted by Crippen LogP contribution is -2.61. The van der Waals surface area contributed by atoms with Crippen molar-refractivity contribution >= 4 is 12.0 Å². The second-order valence-corrected chi connectivity index (χ2v) is 13.4. The topological polar surface area (TPSA) is 62.3 Å². The number of carbonyl (C=O) groups excluding carboxylic acids is 2. The number of hydrogen-bond donors (Lipinski definition) is 0. The molecule has 1 aromatic rings. The molecule has 0 N–H and O–H groups in total. The number of nitrogens with zero attached hydrogens (tertiary/aromatic N) is 3. The number of rotatable bonds is 8. The first kappa shape index (κ1) is 30.2. The summed E-state index contributed by atoms with van der Waals surface area (Å²) >= 11 is 0. The zero-order valence-electron chi connectivity index (χ0n) is 26.1. The molecule has 0 bridgehead atoms. The molecule has 1 aromatic carbocycles. The van der Waals surface area contributed by atoms with Gasteiger partial charge in [0.2, 0.25) is 0 Å². The summed E-state index contributed by atoms with van der Waals surface area (Å²) in [4.78, 5) is 33.5. The van der Waals surface area contributed by atoms with Gasteiger partial charge in [0.25, 0.3) is 5.91 Å². The summed E-state index contributed by atoms with van der Waals surface area (Å²) in [7, 11) is 1.67. The van der Waals surface area contributed by atoms with Crippen molar-refractivity contribution in [2.45, 2.75) is 109 Å². The molecule has 228 valence electrons. The molecular formula is C34H53N3O4. The Hall–Kier alpha value is -2.28. The Kier molecular flexibility index (Phi) is 9.83. The van der Waals surface area contributed by atoms with Crippen molar-refractivity contribution in [3.05, 3.63) is 28.8 Å². The lowest BCUT2D eigenvalue weighted by atomic mass is 9.75. The first-order chi connectivity index (χ1) is 19.8. The van der Waals surface area contributed by atoms with E-state index in [0.29, 0.717) is 17.9 Å². The van der Waals surface area contributed by atoms with Crippen molar-refractivity contribution in [1.29, 1.82) is 0 Å². The molecule has 3 aliphatic heterocycles. The average Bonchev–Trinajstić information content (AvgIpc) is 2.98. The Morgan fingerprint density at radius 2 is 1.66 bits per heavy atom. The largest absolute Gasteiger partial charge is 0.497 e. The van der Waals surface area contributed by atoms with E-state index in [9.17, 15) is 9.59 Å². The number of carbonyl (C=O) groups is 2. The second kappa shape index (κ2) is 13.4. The molecule has 0 aromatic heterocycles. The Morgan fingerprint density at radius 3 is 2.27 bits per heavy atom. The van der Waals surface area contributed by atoms with Crippen LogP contribution >= 0.6 is 0 Å². The monoisotopic (exact) mass is 567 g/mol. The second-order valence-electron chi connectivity index (χ2n) is 13.4. The quantitative estimate of drug-likeness (QED) is 0.355. The van der Waals surface area contributed by atoms with E-state index in [1.165, 1.54) is 44.9 Å². The van der Waals surface area contributed by atoms with Crippen LogP contribution in [0.4, 0.5) is 4.79 Å². The van der Waals surface area contributed by atoms with E-state index in [1.807, 2.05) is 30.9 Å². The van der Waals surface area contributed by atoms with Gasteiger partial charge in [0.15, 0.2) is 0 Å². The van der Waals surface area contributed by atoms with Gasteiger partial charge in [0, 0.05) is 69.6 Å². The number of benzene rings is 1. The smallest absolute Gasteiger partial charge is 0.410 e. The minimum Gasteiger partial charge on any atom is -0.497 e. The van der Waals surface area contributed by atoms with Crippen LogP contribution < -0.4 is 4.74 Å². The van der Waals surface area contributed by atoms with Gasteiger partial charge < -0.3 is 19.3 Å². The fraction of sp³-hybridized carbons (Fsp3) is 0.765. The summed E-state index contributed by atoms with van der Waals surface area (Å²) in [5, 5.41) is 0. The van der Waals surface area contributed by atoms with Crippen molar-refractivity contribution in [3.63, 3.8) is 0 Å². The van der Waals surface area contributed by atoms with Crippen molar-refractivity contribution in [2.24, 2.45) is 11.8 Å². The number of hydrogen-bond acceptors (Lipinski definition) is 5. The van der Waals surface area contributed by atoms with Crippen molar-refractivity contribution in [3.8, 4) is 5.75 Å². The molecule has 4 aliphatic rings. The molecule has 7 heteroatoms. The van der Waals surface area contributed by atoms with Gasteiger partial charge in [0.05, 0.1) is 7.11 Å². The molecule has 1 atom stereocenters. The number of aryl methyl sites for hydroxylation is 2. The van der Waals surface area contributed by atoms with Gasteiger partial charge in [-0.2, -0.15) is 0 Å². The lowest BCUT2D eigenvalue weighted by molar-refractivity contribution is -0.127. The lowest BCUT2D eigenvalue weighted by Gasteiger charge is -2.52. The Labute approximate surface area is 247 Å². The highest BCUT2D eigenvalue weighted by Gasteiger charge is 2.50. The zero-order valence-corrected chi connectivity index (χ0v) is 26.1. The van der Waals surface area contributed by atoms with Gasteiger partial charge >= 0.3 is 6.09 Å². The van der Waals surface area contributed by atoms with Gasteiger partial charge in [-0.25, -0.2) is 4.79 Å². The standard InChI is InChI=1S/C34H53N3O4/c1-5-6-12-28-24-37(23-27-10-8-7-9-11-27)33(39)41-34(28)15-19-35(20-16-34)29-13-17-36(18-14-29)32(38)31-25(2)21-30(40-4)22-26(31)3/h21-22,27-29H,5-20,23-24H2,1-4H3. The van der Waals surface area contributed by atoms with Crippen LogP contribution in [-0.4, -0.2) is 84.7 Å². The molecule has 1 saturated carbocycles. The predicted molar refractivity (Wildman–Crippen MR) is 163 cm³/mol. The third-order valence-corrected chi connectivity index (χ3v) is 10.7. The van der Waals surface area contributed by atoms with E-state index in [0.717, 1.165) is 93.8 Å². The maximum Gasteiger partial charge on any atom is 0.410 e. The molecular weight excluding hydrogens is 514 g/mol. The molecule has 7 nitrogen and oxygen atoms in total. The van der Waals surface area contributed by atoms with Crippen LogP contribution in [0.1, 0.15) is 105 Å². The maximum absolute atomic E-state index is 13.5. The molecule has 0 radical (unpaired) electrons. The van der Waals surface area contributed by atoms with Gasteiger partial charge in [0.1, 0.15) is 11.4 Å². The molecule has 5 rings (SSSR count). The van der Waals surface area contributed by atoms with Gasteiger partial charge in [-0.1, -0.05) is 39.0 Å². The van der Waals surface area contributed by atoms with Crippen LogP contribution in [-0.2, 0) is 4.74 Å². The van der Waals surface area contributed by atoms with Crippen molar-refractivity contribution < 1.29 is 19.1 Å². The van der Waals surface area contributed by atoms with E-state index in [-0.39, 0.29) is 17.6 Å². The SMILES string of the molecule is CCCCC1CN(CC2CCCCC2)C(=O)OC12CCN(C1CCN(C(=O)c3c(C)cc(OC)cc3C)CC1)CC2. The number of ether oxygens (including phenoxy) is 2. The molecule has 1 spiro atoms. The highest BCUT2D eigenvalue weighted by molar-refractivity contribution is 5.97. The Balaban J connectivity index is 1.16. The fourth-order valence-electron chi connectivity index (χ4n) is 8.21. The molecule has 2 amide bonds. The summed E-state index contributed by atoms with van der Waals surface area (Å²) in [5.41, 5.74) is 2.48. The highest BCUT2D eigenvalue weighted by Crippen LogP contribution is 2.42. The summed E-state index contributed by atoms with van der Waals surface area (Å²) in [6.45, 7) is 11.6. The van der Waals surface area contributed by atoms with Crippen LogP contribution in [0.5, 0.6) is 5.75 Å². The minimum absolute atomic E-state index is 0.0623. The van der Waals surface area contributed by atoms with Crippen LogP contribution in [0.2, 0.25) is 0 Å². The molecule has 1 aliphatic carbocycles. The molecule has 3 heterocycles. The van der Waals surface area contributed by atoms with Crippen LogP contribution in [0, 0.1) is 25.7 Å². The Morgan fingerprint density at radius 1 is 1.00 bits per heavy atom. The summed E-state index contributed by atoms with van der Waals surface area (Å²) in [6, 6.07) is 4.40. The number of unbranched alkanes of at least 4 members (excludes halogenated alkanes) is 1. The van der Waals surface area contributed by atoms with E-state index in [1.54, 1.807) is 7.11 Å². The van der Waals surface area contributed by atoms with E-state index in [4.69, 9.17) is 9.47 Å². The minimum atomic E-state index is -0.300. The van der Waals surface area contributed by atoms with E-state index >= 15 is 0 Å². The maximum atomic E-state index is 13.5. The third-order valence-electron chi connectivity index (χ3n) is 10.7. The van der Waals surface area contributed by atoms with Crippen molar-refractivity contribution in [2.75, 3.05) is 46.4 Å². The zero-order chi connectivity index (χ0) is 29.0. The number of likely N-dealkylation sites (tertiary alicyclic amines) is 2. The number of methoxy groups -OCH3 is 1. The van der Waals surface area contributed by atoms with Crippen LogP contribution in [0.25, 0.3) is 0 Å². The molecule has 3 saturated heterocycles. The first-order valence-electron chi connectivity index (χ1n) is 16.5. The fourth-order valence-corrected chi connectivity index (χ4v) is 8.21. The molecule has 4 fully saturated rings. The summed E-state index contributed by atoms with van der Waals surface area (Å²) < 4.78 is 11.8. The molecule has 41 heavy (non-hydrogen) atoms. The summed E-state index contributed by atoms with van der Waals surface area (Å²) in [6.07, 6.45) is 13.8. The summed E-state index contributed by atoms with van der Waals surface area (Å²) in [5.74, 6) is 2.02. The number of piperidine rings is 2. The Bertz CT molecular complexity index is 1030. The van der Waals surface area contributed by atoms with Gasteiger partial charge in [-0.05, 0) is 75.1 Å². The first-order valence-corrected chi connectivity index (χ1v) is 16.5. The van der Waals surface area contributed by atoms with Crippen LogP contribution in [0.15, 0.2) is 12.1 Å².